The van der Waals surface area contributed by atoms with Gasteiger partial charge >= 0.3 is 6.03 Å². The Kier molecular flexibility index (Phi) is 3.34. The van der Waals surface area contributed by atoms with Gasteiger partial charge in [-0.3, -0.25) is 14.5 Å². The van der Waals surface area contributed by atoms with Gasteiger partial charge in [0.25, 0.3) is 0 Å². The summed E-state index contributed by atoms with van der Waals surface area (Å²) < 4.78 is 2.00. The van der Waals surface area contributed by atoms with Crippen molar-refractivity contribution in [1.82, 2.24) is 25.0 Å². The van der Waals surface area contributed by atoms with Gasteiger partial charge in [0.2, 0.25) is 0 Å². The highest BCUT2D eigenvalue weighted by Gasteiger charge is 2.31. The van der Waals surface area contributed by atoms with Gasteiger partial charge in [-0.1, -0.05) is 0 Å². The lowest BCUT2D eigenvalue weighted by molar-refractivity contribution is 0.0908. The maximum absolute atomic E-state index is 11.7. The van der Waals surface area contributed by atoms with Crippen molar-refractivity contribution in [3.05, 3.63) is 28.0 Å². The van der Waals surface area contributed by atoms with Crippen molar-refractivity contribution in [1.29, 1.82) is 0 Å². The summed E-state index contributed by atoms with van der Waals surface area (Å²) in [5, 5.41) is 8.53. The van der Waals surface area contributed by atoms with Crippen molar-refractivity contribution in [3.8, 4) is 0 Å². The van der Waals surface area contributed by atoms with Crippen LogP contribution in [0.25, 0.3) is 0 Å². The van der Waals surface area contributed by atoms with Crippen molar-refractivity contribution in [3.63, 3.8) is 0 Å². The molecule has 24 heavy (non-hydrogen) atoms. The highest BCUT2D eigenvalue weighted by atomic mass is 32.1. The SMILES string of the molecule is O=C1NCCN1c1cnn(C2CN(Cc3nc4c(s3)CCC4)C2)c1. The van der Waals surface area contributed by atoms with Crippen LogP contribution in [0.15, 0.2) is 12.4 Å². The Bertz CT molecular complexity index is 756. The molecular formula is C16H20N6OS. The van der Waals surface area contributed by atoms with Gasteiger partial charge in [-0.25, -0.2) is 9.78 Å². The number of carbonyl (C=O) groups excluding carboxylic acids is 1. The highest BCUT2D eigenvalue weighted by molar-refractivity contribution is 7.11. The number of aryl methyl sites for hydroxylation is 2. The summed E-state index contributed by atoms with van der Waals surface area (Å²) in [5.74, 6) is 0. The molecule has 0 aromatic carbocycles. The Morgan fingerprint density at radius 1 is 1.33 bits per heavy atom. The van der Waals surface area contributed by atoms with Crippen molar-refractivity contribution in [2.75, 3.05) is 31.1 Å². The van der Waals surface area contributed by atoms with E-state index in [0.29, 0.717) is 12.6 Å². The first kappa shape index (κ1) is 14.4. The van der Waals surface area contributed by atoms with Gasteiger partial charge in [-0.2, -0.15) is 5.10 Å². The molecule has 0 unspecified atom stereocenters. The quantitative estimate of drug-likeness (QED) is 0.911. The molecule has 2 aliphatic heterocycles. The molecule has 0 saturated carbocycles. The zero-order valence-electron chi connectivity index (χ0n) is 13.4. The van der Waals surface area contributed by atoms with Gasteiger partial charge in [-0.05, 0) is 19.3 Å². The Hall–Kier alpha value is -1.93. The molecule has 2 saturated heterocycles. The summed E-state index contributed by atoms with van der Waals surface area (Å²) in [7, 11) is 0. The lowest BCUT2D eigenvalue weighted by atomic mass is 10.1. The fourth-order valence-electron chi connectivity index (χ4n) is 3.73. The predicted molar refractivity (Wildman–Crippen MR) is 91.4 cm³/mol. The van der Waals surface area contributed by atoms with Crippen LogP contribution in [0.2, 0.25) is 0 Å². The molecule has 8 heteroatoms. The maximum atomic E-state index is 11.7. The summed E-state index contributed by atoms with van der Waals surface area (Å²) in [6, 6.07) is 0.373. The second kappa shape index (κ2) is 5.56. The van der Waals surface area contributed by atoms with Crippen molar-refractivity contribution >= 4 is 23.1 Å². The topological polar surface area (TPSA) is 66.3 Å². The van der Waals surface area contributed by atoms with Gasteiger partial charge < -0.3 is 5.32 Å². The van der Waals surface area contributed by atoms with Crippen LogP contribution in [0, 0.1) is 0 Å². The van der Waals surface area contributed by atoms with E-state index in [9.17, 15) is 4.79 Å². The smallest absolute Gasteiger partial charge is 0.322 e. The number of rotatable bonds is 4. The fraction of sp³-hybridized carbons (Fsp3) is 0.562. The molecular weight excluding hydrogens is 324 g/mol. The Morgan fingerprint density at radius 3 is 3.04 bits per heavy atom. The van der Waals surface area contributed by atoms with E-state index in [-0.39, 0.29) is 6.03 Å². The number of nitrogens with zero attached hydrogens (tertiary/aromatic N) is 5. The Morgan fingerprint density at radius 2 is 2.25 bits per heavy atom. The molecule has 2 aromatic rings. The standard InChI is InChI=1S/C16H20N6OS/c23-16-17-4-5-21(16)11-6-18-22(9-11)12-7-20(8-12)10-15-19-13-2-1-3-14(13)24-15/h6,9,12H,1-5,7-8,10H2,(H,17,23). The van der Waals surface area contributed by atoms with Crippen LogP contribution in [0.5, 0.6) is 0 Å². The average Bonchev–Trinajstić information content (AvgIpc) is 3.25. The van der Waals surface area contributed by atoms with Crippen LogP contribution in [-0.2, 0) is 19.4 Å². The number of hydrogen-bond acceptors (Lipinski definition) is 5. The van der Waals surface area contributed by atoms with E-state index in [2.05, 4.69) is 15.3 Å². The Labute approximate surface area is 144 Å². The lowest BCUT2D eigenvalue weighted by Crippen LogP contribution is -2.47. The third-order valence-corrected chi connectivity index (χ3v) is 6.21. The molecule has 7 nitrogen and oxygen atoms in total. The maximum Gasteiger partial charge on any atom is 0.322 e. The molecule has 2 aromatic heterocycles. The van der Waals surface area contributed by atoms with E-state index in [1.165, 1.54) is 28.4 Å². The summed E-state index contributed by atoms with van der Waals surface area (Å²) in [6.45, 7) is 4.38. The van der Waals surface area contributed by atoms with E-state index in [1.54, 1.807) is 11.1 Å². The third-order valence-electron chi connectivity index (χ3n) is 5.07. The van der Waals surface area contributed by atoms with Crippen LogP contribution in [-0.4, -0.2) is 51.9 Å². The molecule has 1 aliphatic carbocycles. The van der Waals surface area contributed by atoms with Gasteiger partial charge in [0.1, 0.15) is 5.01 Å². The number of amides is 2. The second-order valence-corrected chi connectivity index (χ2v) is 7.91. The minimum absolute atomic E-state index is 0.0263. The third kappa shape index (κ3) is 2.41. The molecule has 0 spiro atoms. The zero-order valence-corrected chi connectivity index (χ0v) is 14.3. The van der Waals surface area contributed by atoms with E-state index in [0.717, 1.165) is 38.3 Å². The van der Waals surface area contributed by atoms with E-state index < -0.39 is 0 Å². The molecule has 0 atom stereocenters. The first-order valence-electron chi connectivity index (χ1n) is 8.55. The number of likely N-dealkylation sites (tertiary alicyclic amines) is 1. The number of fused-ring (bicyclic) bond motifs is 1. The lowest BCUT2D eigenvalue weighted by Gasteiger charge is -2.38. The normalized spacial score (nSPS) is 21.2. The first-order valence-corrected chi connectivity index (χ1v) is 9.37. The van der Waals surface area contributed by atoms with Crippen molar-refractivity contribution in [2.24, 2.45) is 0 Å². The molecule has 2 fully saturated rings. The number of thiazole rings is 1. The van der Waals surface area contributed by atoms with Crippen molar-refractivity contribution < 1.29 is 4.79 Å². The number of aromatic nitrogens is 3. The number of carbonyl (C=O) groups is 1. The molecule has 126 valence electrons. The minimum atomic E-state index is -0.0263. The van der Waals surface area contributed by atoms with Crippen LogP contribution in [0.4, 0.5) is 10.5 Å². The van der Waals surface area contributed by atoms with Gasteiger partial charge in [0, 0.05) is 37.3 Å². The monoisotopic (exact) mass is 344 g/mol. The summed E-state index contributed by atoms with van der Waals surface area (Å²) in [6.07, 6.45) is 7.44. The Balaban J connectivity index is 1.19. The van der Waals surface area contributed by atoms with Gasteiger partial charge in [0.15, 0.2) is 0 Å². The largest absolute Gasteiger partial charge is 0.336 e. The van der Waals surface area contributed by atoms with Crippen LogP contribution < -0.4 is 10.2 Å². The van der Waals surface area contributed by atoms with Crippen LogP contribution in [0.1, 0.15) is 28.0 Å². The zero-order chi connectivity index (χ0) is 16.1. The molecule has 5 rings (SSSR count). The molecule has 0 radical (unpaired) electrons. The molecule has 3 aliphatic rings. The van der Waals surface area contributed by atoms with Gasteiger partial charge in [0.05, 0.1) is 30.2 Å². The summed E-state index contributed by atoms with van der Waals surface area (Å²) in [5.41, 5.74) is 2.23. The van der Waals surface area contributed by atoms with E-state index in [1.807, 2.05) is 22.2 Å². The second-order valence-electron chi connectivity index (χ2n) is 6.74. The van der Waals surface area contributed by atoms with Crippen molar-refractivity contribution in [2.45, 2.75) is 31.8 Å². The highest BCUT2D eigenvalue weighted by Crippen LogP contribution is 2.30. The summed E-state index contributed by atoms with van der Waals surface area (Å²) in [4.78, 5) is 22.2. The first-order chi connectivity index (χ1) is 11.8. The fourth-order valence-corrected chi connectivity index (χ4v) is 4.93. The number of hydrogen-bond donors (Lipinski definition) is 1. The molecule has 0 bridgehead atoms. The van der Waals surface area contributed by atoms with Crippen LogP contribution in [0.3, 0.4) is 0 Å². The number of anilines is 1. The number of nitrogens with one attached hydrogen (secondary N) is 1. The minimum Gasteiger partial charge on any atom is -0.336 e. The van der Waals surface area contributed by atoms with Crippen LogP contribution >= 0.6 is 11.3 Å². The summed E-state index contributed by atoms with van der Waals surface area (Å²) >= 11 is 1.89. The molecule has 1 N–H and O–H groups in total. The van der Waals surface area contributed by atoms with E-state index in [4.69, 9.17) is 4.98 Å². The molecule has 2 amide bonds. The molecule has 4 heterocycles. The number of urea groups is 1. The van der Waals surface area contributed by atoms with Gasteiger partial charge in [-0.15, -0.1) is 11.3 Å². The average molecular weight is 344 g/mol. The predicted octanol–water partition coefficient (Wildman–Crippen LogP) is 1.41. The van der Waals surface area contributed by atoms with E-state index >= 15 is 0 Å².